The molecular formula is C17H25N3O. The van der Waals surface area contributed by atoms with Gasteiger partial charge >= 0.3 is 0 Å². The minimum atomic E-state index is 0.596. The van der Waals surface area contributed by atoms with Gasteiger partial charge in [0.1, 0.15) is 11.8 Å². The van der Waals surface area contributed by atoms with Gasteiger partial charge in [-0.1, -0.05) is 19.4 Å². The van der Waals surface area contributed by atoms with Gasteiger partial charge in [-0.3, -0.25) is 4.90 Å². The van der Waals surface area contributed by atoms with Crippen molar-refractivity contribution < 1.29 is 4.74 Å². The van der Waals surface area contributed by atoms with E-state index in [4.69, 9.17) is 10.00 Å². The third-order valence-electron chi connectivity index (χ3n) is 4.13. The molecule has 114 valence electrons. The molecule has 0 amide bonds. The Kier molecular flexibility index (Phi) is 6.04. The second kappa shape index (κ2) is 8.02. The number of likely N-dealkylation sites (N-methyl/N-ethyl adjacent to an activating group) is 1. The van der Waals surface area contributed by atoms with Crippen LogP contribution in [0.3, 0.4) is 0 Å². The fourth-order valence-corrected chi connectivity index (χ4v) is 2.88. The molecule has 0 spiro atoms. The number of piperidine rings is 1. The summed E-state index contributed by atoms with van der Waals surface area (Å²) < 4.78 is 5.29. The SMILES string of the molecule is CCN(Cc1ccc(C#N)c(OC)c1)CC1CCCCN1. The van der Waals surface area contributed by atoms with Crippen molar-refractivity contribution in [1.82, 2.24) is 10.2 Å². The number of nitrogens with zero attached hydrogens (tertiary/aromatic N) is 2. The highest BCUT2D eigenvalue weighted by molar-refractivity contribution is 5.45. The lowest BCUT2D eigenvalue weighted by Gasteiger charge is -2.30. The van der Waals surface area contributed by atoms with Crippen LogP contribution in [0.4, 0.5) is 0 Å². The molecule has 4 heteroatoms. The number of methoxy groups -OCH3 is 1. The van der Waals surface area contributed by atoms with Gasteiger partial charge in [0, 0.05) is 19.1 Å². The Morgan fingerprint density at radius 2 is 2.29 bits per heavy atom. The largest absolute Gasteiger partial charge is 0.495 e. The van der Waals surface area contributed by atoms with Gasteiger partial charge in [-0.25, -0.2) is 0 Å². The Morgan fingerprint density at radius 3 is 2.90 bits per heavy atom. The molecule has 1 N–H and O–H groups in total. The number of ether oxygens (including phenoxy) is 1. The van der Waals surface area contributed by atoms with E-state index in [1.165, 1.54) is 24.8 Å². The second-order valence-electron chi connectivity index (χ2n) is 5.62. The van der Waals surface area contributed by atoms with Crippen molar-refractivity contribution in [2.24, 2.45) is 0 Å². The third kappa shape index (κ3) is 4.45. The van der Waals surface area contributed by atoms with Crippen molar-refractivity contribution in [3.63, 3.8) is 0 Å². The number of benzene rings is 1. The zero-order chi connectivity index (χ0) is 15.1. The smallest absolute Gasteiger partial charge is 0.136 e. The fourth-order valence-electron chi connectivity index (χ4n) is 2.88. The summed E-state index contributed by atoms with van der Waals surface area (Å²) in [4.78, 5) is 2.45. The molecule has 1 aromatic carbocycles. The Morgan fingerprint density at radius 1 is 1.43 bits per heavy atom. The summed E-state index contributed by atoms with van der Waals surface area (Å²) in [6, 6.07) is 8.62. The van der Waals surface area contributed by atoms with E-state index in [1.807, 2.05) is 18.2 Å². The summed E-state index contributed by atoms with van der Waals surface area (Å²) in [7, 11) is 1.61. The zero-order valence-corrected chi connectivity index (χ0v) is 13.1. The number of hydrogen-bond acceptors (Lipinski definition) is 4. The quantitative estimate of drug-likeness (QED) is 0.873. The van der Waals surface area contributed by atoms with Gasteiger partial charge in [0.2, 0.25) is 0 Å². The van der Waals surface area contributed by atoms with E-state index in [2.05, 4.69) is 23.2 Å². The van der Waals surface area contributed by atoms with E-state index in [0.29, 0.717) is 17.4 Å². The van der Waals surface area contributed by atoms with Gasteiger partial charge in [-0.05, 0) is 43.6 Å². The van der Waals surface area contributed by atoms with Crippen molar-refractivity contribution >= 4 is 0 Å². The topological polar surface area (TPSA) is 48.3 Å². The molecule has 1 saturated heterocycles. The molecule has 0 bridgehead atoms. The number of nitrogens with one attached hydrogen (secondary N) is 1. The van der Waals surface area contributed by atoms with Crippen LogP contribution >= 0.6 is 0 Å². The van der Waals surface area contributed by atoms with Crippen LogP contribution in [0, 0.1) is 11.3 Å². The zero-order valence-electron chi connectivity index (χ0n) is 13.1. The van der Waals surface area contributed by atoms with Crippen LogP contribution in [0.2, 0.25) is 0 Å². The highest BCUT2D eigenvalue weighted by atomic mass is 16.5. The molecule has 1 aliphatic heterocycles. The van der Waals surface area contributed by atoms with Gasteiger partial charge in [-0.15, -0.1) is 0 Å². The molecule has 1 fully saturated rings. The first kappa shape index (κ1) is 15.8. The van der Waals surface area contributed by atoms with Crippen molar-refractivity contribution in [3.05, 3.63) is 29.3 Å². The summed E-state index contributed by atoms with van der Waals surface area (Å²) in [5, 5.41) is 12.6. The number of hydrogen-bond donors (Lipinski definition) is 1. The predicted octanol–water partition coefficient (Wildman–Crippen LogP) is 2.53. The van der Waals surface area contributed by atoms with Crippen molar-refractivity contribution in [2.45, 2.75) is 38.8 Å². The summed E-state index contributed by atoms with van der Waals surface area (Å²) in [6.45, 7) is 6.35. The third-order valence-corrected chi connectivity index (χ3v) is 4.13. The van der Waals surface area contributed by atoms with E-state index < -0.39 is 0 Å². The van der Waals surface area contributed by atoms with Crippen LogP contribution in [0.5, 0.6) is 5.75 Å². The maximum atomic E-state index is 9.04. The summed E-state index contributed by atoms with van der Waals surface area (Å²) >= 11 is 0. The van der Waals surface area contributed by atoms with Crippen LogP contribution < -0.4 is 10.1 Å². The van der Waals surface area contributed by atoms with Gasteiger partial charge in [0.25, 0.3) is 0 Å². The monoisotopic (exact) mass is 287 g/mol. The molecule has 1 aromatic rings. The normalized spacial score (nSPS) is 18.5. The molecule has 0 aromatic heterocycles. The lowest BCUT2D eigenvalue weighted by molar-refractivity contribution is 0.226. The Balaban J connectivity index is 1.99. The molecule has 1 atom stereocenters. The first-order valence-corrected chi connectivity index (χ1v) is 7.79. The summed E-state index contributed by atoms with van der Waals surface area (Å²) in [5.41, 5.74) is 1.79. The Bertz CT molecular complexity index is 489. The second-order valence-corrected chi connectivity index (χ2v) is 5.62. The minimum Gasteiger partial charge on any atom is -0.495 e. The average molecular weight is 287 g/mol. The van der Waals surface area contributed by atoms with E-state index >= 15 is 0 Å². The molecule has 21 heavy (non-hydrogen) atoms. The van der Waals surface area contributed by atoms with Crippen LogP contribution in [-0.4, -0.2) is 37.7 Å². The maximum absolute atomic E-state index is 9.04. The summed E-state index contributed by atoms with van der Waals surface area (Å²) in [6.07, 6.45) is 3.91. The predicted molar refractivity (Wildman–Crippen MR) is 84.3 cm³/mol. The molecule has 0 saturated carbocycles. The molecule has 1 heterocycles. The number of rotatable bonds is 6. The van der Waals surface area contributed by atoms with E-state index in [-0.39, 0.29) is 0 Å². The Hall–Kier alpha value is -1.57. The summed E-state index contributed by atoms with van der Waals surface area (Å²) in [5.74, 6) is 0.668. The standard InChI is InChI=1S/C17H25N3O/c1-3-20(13-16-6-4-5-9-19-16)12-14-7-8-15(11-18)17(10-14)21-2/h7-8,10,16,19H,3-6,9,12-13H2,1-2H3. The van der Waals surface area contributed by atoms with E-state index in [0.717, 1.165) is 26.2 Å². The molecular weight excluding hydrogens is 262 g/mol. The lowest BCUT2D eigenvalue weighted by atomic mass is 10.0. The molecule has 2 rings (SSSR count). The van der Waals surface area contributed by atoms with Crippen molar-refractivity contribution in [1.29, 1.82) is 5.26 Å². The minimum absolute atomic E-state index is 0.596. The molecule has 1 unspecified atom stereocenters. The van der Waals surface area contributed by atoms with E-state index in [1.54, 1.807) is 7.11 Å². The maximum Gasteiger partial charge on any atom is 0.136 e. The van der Waals surface area contributed by atoms with Crippen LogP contribution in [0.1, 0.15) is 37.3 Å². The molecule has 0 radical (unpaired) electrons. The van der Waals surface area contributed by atoms with Crippen molar-refractivity contribution in [2.75, 3.05) is 26.7 Å². The molecule has 4 nitrogen and oxygen atoms in total. The van der Waals surface area contributed by atoms with Gasteiger partial charge < -0.3 is 10.1 Å². The average Bonchev–Trinajstić information content (AvgIpc) is 2.55. The Labute approximate surface area is 127 Å². The van der Waals surface area contributed by atoms with E-state index in [9.17, 15) is 0 Å². The van der Waals surface area contributed by atoms with Gasteiger partial charge in [0.05, 0.1) is 12.7 Å². The van der Waals surface area contributed by atoms with Gasteiger partial charge in [0.15, 0.2) is 0 Å². The van der Waals surface area contributed by atoms with Crippen LogP contribution in [0.15, 0.2) is 18.2 Å². The molecule has 0 aliphatic carbocycles. The first-order chi connectivity index (χ1) is 10.3. The lowest BCUT2D eigenvalue weighted by Crippen LogP contribution is -2.43. The first-order valence-electron chi connectivity index (χ1n) is 7.79. The van der Waals surface area contributed by atoms with Crippen LogP contribution in [-0.2, 0) is 6.54 Å². The highest BCUT2D eigenvalue weighted by Gasteiger charge is 2.16. The number of nitriles is 1. The van der Waals surface area contributed by atoms with Crippen molar-refractivity contribution in [3.8, 4) is 11.8 Å². The van der Waals surface area contributed by atoms with Gasteiger partial charge in [-0.2, -0.15) is 5.26 Å². The fraction of sp³-hybridized carbons (Fsp3) is 0.588. The van der Waals surface area contributed by atoms with Crippen LogP contribution in [0.25, 0.3) is 0 Å². The highest BCUT2D eigenvalue weighted by Crippen LogP contribution is 2.20. The molecule has 1 aliphatic rings.